The van der Waals surface area contributed by atoms with Crippen LogP contribution in [-0.2, 0) is 14.6 Å². The molecule has 2 rings (SSSR count). The van der Waals surface area contributed by atoms with E-state index in [-0.39, 0.29) is 22.7 Å². The molecule has 0 spiro atoms. The van der Waals surface area contributed by atoms with Gasteiger partial charge in [-0.3, -0.25) is 10.1 Å². The van der Waals surface area contributed by atoms with Crippen LogP contribution in [0, 0.1) is 10.1 Å². The molecule has 0 heterocycles. The van der Waals surface area contributed by atoms with Crippen LogP contribution in [0.4, 0.5) is 11.4 Å². The summed E-state index contributed by atoms with van der Waals surface area (Å²) in [5.74, 6) is 0. The Morgan fingerprint density at radius 1 is 1.38 bits per heavy atom. The number of rotatable bonds is 5. The number of benzene rings is 1. The van der Waals surface area contributed by atoms with Crippen LogP contribution in [0.25, 0.3) is 0 Å². The Morgan fingerprint density at radius 2 is 2.10 bits per heavy atom. The number of sulfone groups is 1. The summed E-state index contributed by atoms with van der Waals surface area (Å²) in [5, 5.41) is 14.3. The molecule has 0 amide bonds. The van der Waals surface area contributed by atoms with E-state index in [1.165, 1.54) is 12.1 Å². The number of nitrogens with one attached hydrogen (secondary N) is 1. The van der Waals surface area contributed by atoms with E-state index in [1.807, 2.05) is 0 Å². The molecule has 2 atom stereocenters. The van der Waals surface area contributed by atoms with E-state index in [2.05, 4.69) is 5.32 Å². The molecule has 0 aromatic heterocycles. The molecule has 0 saturated heterocycles. The van der Waals surface area contributed by atoms with Crippen LogP contribution < -0.4 is 5.32 Å². The predicted molar refractivity (Wildman–Crippen MR) is 78.3 cm³/mol. The van der Waals surface area contributed by atoms with Crippen LogP contribution in [-0.4, -0.2) is 38.9 Å². The summed E-state index contributed by atoms with van der Waals surface area (Å²) in [5.41, 5.74) is 0.0843. The first-order valence-electron chi connectivity index (χ1n) is 6.60. The SMILES string of the molecule is COC1CCCC1Nc1ccc(S(C)(=O)=O)cc1[N+](=O)[O-]. The summed E-state index contributed by atoms with van der Waals surface area (Å²) in [6, 6.07) is 3.91. The lowest BCUT2D eigenvalue weighted by atomic mass is 10.2. The summed E-state index contributed by atoms with van der Waals surface area (Å²) in [6.45, 7) is 0. The fraction of sp³-hybridized carbons (Fsp3) is 0.538. The first kappa shape index (κ1) is 15.7. The zero-order valence-electron chi connectivity index (χ0n) is 11.9. The third-order valence-corrected chi connectivity index (χ3v) is 4.80. The average Bonchev–Trinajstić information content (AvgIpc) is 2.84. The summed E-state index contributed by atoms with van der Waals surface area (Å²) in [4.78, 5) is 10.5. The highest BCUT2D eigenvalue weighted by Gasteiger charge is 2.29. The molecular formula is C13H18N2O5S. The average molecular weight is 314 g/mol. The summed E-state index contributed by atoms with van der Waals surface area (Å²) in [6.07, 6.45) is 3.80. The molecule has 1 saturated carbocycles. The maximum absolute atomic E-state index is 11.5. The molecule has 1 aromatic rings. The van der Waals surface area contributed by atoms with Crippen LogP contribution in [0.5, 0.6) is 0 Å². The Bertz CT molecular complexity index is 644. The molecule has 1 aliphatic rings. The second-order valence-corrected chi connectivity index (χ2v) is 7.18. The number of nitrogens with zero attached hydrogens (tertiary/aromatic N) is 1. The fourth-order valence-electron chi connectivity index (χ4n) is 2.59. The third kappa shape index (κ3) is 3.51. The molecule has 8 heteroatoms. The fourth-order valence-corrected chi connectivity index (χ4v) is 3.23. The lowest BCUT2D eigenvalue weighted by Gasteiger charge is -2.20. The Balaban J connectivity index is 2.33. The third-order valence-electron chi connectivity index (χ3n) is 3.69. The number of methoxy groups -OCH3 is 1. The molecular weight excluding hydrogens is 296 g/mol. The first-order valence-corrected chi connectivity index (χ1v) is 8.50. The number of nitro benzene ring substituents is 1. The molecule has 116 valence electrons. The van der Waals surface area contributed by atoms with E-state index in [4.69, 9.17) is 4.74 Å². The van der Waals surface area contributed by atoms with Gasteiger partial charge in [-0.1, -0.05) is 0 Å². The van der Waals surface area contributed by atoms with Crippen molar-refractivity contribution < 1.29 is 18.1 Å². The van der Waals surface area contributed by atoms with E-state index in [9.17, 15) is 18.5 Å². The molecule has 1 fully saturated rings. The van der Waals surface area contributed by atoms with E-state index < -0.39 is 14.8 Å². The van der Waals surface area contributed by atoms with Crippen molar-refractivity contribution in [3.05, 3.63) is 28.3 Å². The van der Waals surface area contributed by atoms with Crippen LogP contribution in [0.1, 0.15) is 19.3 Å². The van der Waals surface area contributed by atoms with Crippen LogP contribution in [0.15, 0.2) is 23.1 Å². The second-order valence-electron chi connectivity index (χ2n) is 5.16. The summed E-state index contributed by atoms with van der Waals surface area (Å²) < 4.78 is 28.3. The second kappa shape index (κ2) is 5.98. The minimum Gasteiger partial charge on any atom is -0.379 e. The van der Waals surface area contributed by atoms with Crippen molar-refractivity contribution in [2.75, 3.05) is 18.7 Å². The van der Waals surface area contributed by atoms with Gasteiger partial charge in [-0.2, -0.15) is 0 Å². The smallest absolute Gasteiger partial charge is 0.293 e. The zero-order valence-corrected chi connectivity index (χ0v) is 12.7. The van der Waals surface area contributed by atoms with Gasteiger partial charge in [0.1, 0.15) is 5.69 Å². The minimum absolute atomic E-state index is 0.00205. The topological polar surface area (TPSA) is 98.5 Å². The molecule has 0 bridgehead atoms. The van der Waals surface area contributed by atoms with Crippen molar-refractivity contribution in [1.82, 2.24) is 0 Å². The van der Waals surface area contributed by atoms with Gasteiger partial charge in [-0.15, -0.1) is 0 Å². The number of hydrogen-bond donors (Lipinski definition) is 1. The minimum atomic E-state index is -3.48. The van der Waals surface area contributed by atoms with E-state index in [0.29, 0.717) is 5.69 Å². The monoisotopic (exact) mass is 314 g/mol. The molecule has 7 nitrogen and oxygen atoms in total. The predicted octanol–water partition coefficient (Wildman–Crippen LogP) is 1.98. The molecule has 1 N–H and O–H groups in total. The first-order chi connectivity index (χ1) is 9.82. The maximum atomic E-state index is 11.5. The molecule has 0 radical (unpaired) electrons. The van der Waals surface area contributed by atoms with Crippen molar-refractivity contribution in [2.24, 2.45) is 0 Å². The molecule has 1 aliphatic carbocycles. The van der Waals surface area contributed by atoms with E-state index in [0.717, 1.165) is 31.6 Å². The van der Waals surface area contributed by atoms with Gasteiger partial charge < -0.3 is 10.1 Å². The molecule has 21 heavy (non-hydrogen) atoms. The molecule has 1 aromatic carbocycles. The standard InChI is InChI=1S/C13H18N2O5S/c1-20-13-5-3-4-11(13)14-10-7-6-9(21(2,18)19)8-12(10)15(16)17/h6-8,11,13-14H,3-5H2,1-2H3. The highest BCUT2D eigenvalue weighted by molar-refractivity contribution is 7.90. The van der Waals surface area contributed by atoms with Crippen LogP contribution in [0.2, 0.25) is 0 Å². The normalized spacial score (nSPS) is 22.2. The van der Waals surface area contributed by atoms with E-state index >= 15 is 0 Å². The Kier molecular flexibility index (Phi) is 4.48. The highest BCUT2D eigenvalue weighted by Crippen LogP contribution is 2.31. The number of nitro groups is 1. The quantitative estimate of drug-likeness (QED) is 0.659. The largest absolute Gasteiger partial charge is 0.379 e. The van der Waals surface area contributed by atoms with Gasteiger partial charge in [-0.25, -0.2) is 8.42 Å². The van der Waals surface area contributed by atoms with Crippen LogP contribution >= 0.6 is 0 Å². The van der Waals surface area contributed by atoms with Crippen molar-refractivity contribution in [3.63, 3.8) is 0 Å². The molecule has 2 unspecified atom stereocenters. The van der Waals surface area contributed by atoms with Crippen LogP contribution in [0.3, 0.4) is 0 Å². The van der Waals surface area contributed by atoms with Crippen molar-refractivity contribution in [1.29, 1.82) is 0 Å². The Hall–Kier alpha value is -1.67. The maximum Gasteiger partial charge on any atom is 0.293 e. The summed E-state index contributed by atoms with van der Waals surface area (Å²) in [7, 11) is -1.86. The number of hydrogen-bond acceptors (Lipinski definition) is 6. The van der Waals surface area contributed by atoms with Crippen molar-refractivity contribution >= 4 is 21.2 Å². The molecule has 0 aliphatic heterocycles. The van der Waals surface area contributed by atoms with Gasteiger partial charge in [0.15, 0.2) is 9.84 Å². The van der Waals surface area contributed by atoms with Crippen molar-refractivity contribution in [3.8, 4) is 0 Å². The van der Waals surface area contributed by atoms with Gasteiger partial charge in [0.25, 0.3) is 5.69 Å². The number of anilines is 1. The Morgan fingerprint density at radius 3 is 2.67 bits per heavy atom. The van der Waals surface area contributed by atoms with Gasteiger partial charge in [0.2, 0.25) is 0 Å². The lowest BCUT2D eigenvalue weighted by Crippen LogP contribution is -2.30. The Labute approximate surface area is 123 Å². The van der Waals surface area contributed by atoms with Crippen molar-refractivity contribution in [2.45, 2.75) is 36.3 Å². The highest BCUT2D eigenvalue weighted by atomic mass is 32.2. The van der Waals surface area contributed by atoms with E-state index in [1.54, 1.807) is 7.11 Å². The zero-order chi connectivity index (χ0) is 15.6. The summed E-state index contributed by atoms with van der Waals surface area (Å²) >= 11 is 0. The van der Waals surface area contributed by atoms with Gasteiger partial charge in [0.05, 0.1) is 22.0 Å². The van der Waals surface area contributed by atoms with Gasteiger partial charge in [0, 0.05) is 19.4 Å². The lowest BCUT2D eigenvalue weighted by molar-refractivity contribution is -0.384. The number of ether oxygens (including phenoxy) is 1. The van der Waals surface area contributed by atoms with Gasteiger partial charge >= 0.3 is 0 Å². The van der Waals surface area contributed by atoms with Gasteiger partial charge in [-0.05, 0) is 31.4 Å².